The molecule has 3 aromatic rings. The fourth-order valence-corrected chi connectivity index (χ4v) is 2.11. The molecule has 0 aliphatic rings. The van der Waals surface area contributed by atoms with Crippen molar-refractivity contribution in [2.75, 3.05) is 5.32 Å². The molecule has 2 heterocycles. The monoisotopic (exact) mass is 320 g/mol. The van der Waals surface area contributed by atoms with Crippen LogP contribution in [0.4, 0.5) is 11.5 Å². The molecule has 0 aliphatic carbocycles. The molecule has 0 unspecified atom stereocenters. The molecule has 1 amide bonds. The number of hydrogen-bond donors (Lipinski definition) is 1. The van der Waals surface area contributed by atoms with E-state index in [1.807, 2.05) is 36.4 Å². The Bertz CT molecular complexity index is 880. The number of nitrogens with one attached hydrogen (secondary N) is 1. The van der Waals surface area contributed by atoms with Gasteiger partial charge in [-0.2, -0.15) is 0 Å². The van der Waals surface area contributed by atoms with E-state index in [0.29, 0.717) is 5.82 Å². The lowest BCUT2D eigenvalue weighted by molar-refractivity contribution is -0.385. The summed E-state index contributed by atoms with van der Waals surface area (Å²) in [6.45, 7) is 0. The zero-order chi connectivity index (χ0) is 16.9. The lowest BCUT2D eigenvalue weighted by Gasteiger charge is -2.06. The van der Waals surface area contributed by atoms with Crippen molar-refractivity contribution >= 4 is 17.4 Å². The number of hydrogen-bond acceptors (Lipinski definition) is 5. The Morgan fingerprint density at radius 1 is 1.00 bits per heavy atom. The standard InChI is InChI=1S/C17H12N4O3/c22-17(14-8-15(21(23)24)11-18-9-14)20-16-7-6-13(10-19-16)12-4-2-1-3-5-12/h1-11H,(H,19,20,22). The van der Waals surface area contributed by atoms with Crippen LogP contribution >= 0.6 is 0 Å². The van der Waals surface area contributed by atoms with Crippen LogP contribution < -0.4 is 5.32 Å². The Hall–Kier alpha value is -3.61. The maximum absolute atomic E-state index is 12.1. The number of benzene rings is 1. The van der Waals surface area contributed by atoms with Gasteiger partial charge in [-0.1, -0.05) is 30.3 Å². The minimum absolute atomic E-state index is 0.0955. The number of rotatable bonds is 4. The van der Waals surface area contributed by atoms with Gasteiger partial charge in [0, 0.05) is 24.0 Å². The number of pyridine rings is 2. The van der Waals surface area contributed by atoms with Gasteiger partial charge < -0.3 is 5.32 Å². The second-order valence-electron chi connectivity index (χ2n) is 4.94. The highest BCUT2D eigenvalue weighted by molar-refractivity contribution is 6.03. The smallest absolute Gasteiger partial charge is 0.288 e. The Morgan fingerprint density at radius 2 is 1.79 bits per heavy atom. The molecule has 0 bridgehead atoms. The third-order valence-corrected chi connectivity index (χ3v) is 3.31. The summed E-state index contributed by atoms with van der Waals surface area (Å²) in [7, 11) is 0. The topological polar surface area (TPSA) is 98.0 Å². The first-order valence-corrected chi connectivity index (χ1v) is 7.06. The Balaban J connectivity index is 1.75. The molecule has 1 N–H and O–H groups in total. The molecule has 0 aliphatic heterocycles. The van der Waals surface area contributed by atoms with Crippen LogP contribution in [0.3, 0.4) is 0 Å². The SMILES string of the molecule is O=C(Nc1ccc(-c2ccccc2)cn1)c1cncc([N+](=O)[O-])c1. The number of nitrogens with zero attached hydrogens (tertiary/aromatic N) is 3. The van der Waals surface area contributed by atoms with Crippen LogP contribution in [0, 0.1) is 10.1 Å². The maximum atomic E-state index is 12.1. The molecular weight excluding hydrogens is 308 g/mol. The highest BCUT2D eigenvalue weighted by Crippen LogP contribution is 2.19. The van der Waals surface area contributed by atoms with Gasteiger partial charge in [-0.25, -0.2) is 4.98 Å². The molecule has 0 radical (unpaired) electrons. The maximum Gasteiger partial charge on any atom is 0.288 e. The Labute approximate surface area is 137 Å². The van der Waals surface area contributed by atoms with Crippen LogP contribution in [0.25, 0.3) is 11.1 Å². The van der Waals surface area contributed by atoms with Gasteiger partial charge in [0.1, 0.15) is 12.0 Å². The number of aromatic nitrogens is 2. The van der Waals surface area contributed by atoms with Crippen molar-refractivity contribution in [2.24, 2.45) is 0 Å². The fraction of sp³-hybridized carbons (Fsp3) is 0. The second kappa shape index (κ2) is 6.66. The van der Waals surface area contributed by atoms with Crippen molar-refractivity contribution in [1.82, 2.24) is 9.97 Å². The zero-order valence-electron chi connectivity index (χ0n) is 12.4. The number of amides is 1. The van der Waals surface area contributed by atoms with Gasteiger partial charge in [0.2, 0.25) is 0 Å². The van der Waals surface area contributed by atoms with E-state index < -0.39 is 10.8 Å². The van der Waals surface area contributed by atoms with Crippen molar-refractivity contribution in [2.45, 2.75) is 0 Å². The first kappa shape index (κ1) is 15.3. The van der Waals surface area contributed by atoms with Gasteiger partial charge >= 0.3 is 0 Å². The zero-order valence-corrected chi connectivity index (χ0v) is 12.4. The molecule has 0 spiro atoms. The lowest BCUT2D eigenvalue weighted by Crippen LogP contribution is -2.13. The van der Waals surface area contributed by atoms with Gasteiger partial charge in [0.15, 0.2) is 0 Å². The van der Waals surface area contributed by atoms with Crippen molar-refractivity contribution < 1.29 is 9.72 Å². The lowest BCUT2D eigenvalue weighted by atomic mass is 10.1. The second-order valence-corrected chi connectivity index (χ2v) is 4.94. The van der Waals surface area contributed by atoms with E-state index in [1.54, 1.807) is 12.3 Å². The van der Waals surface area contributed by atoms with Crippen molar-refractivity contribution in [1.29, 1.82) is 0 Å². The van der Waals surface area contributed by atoms with E-state index >= 15 is 0 Å². The first-order valence-electron chi connectivity index (χ1n) is 7.06. The summed E-state index contributed by atoms with van der Waals surface area (Å²) in [6.07, 6.45) is 4.00. The molecule has 24 heavy (non-hydrogen) atoms. The molecule has 2 aromatic heterocycles. The van der Waals surface area contributed by atoms with Crippen molar-refractivity contribution in [3.05, 3.63) is 82.8 Å². The summed E-state index contributed by atoms with van der Waals surface area (Å²) in [6, 6.07) is 14.4. The predicted molar refractivity (Wildman–Crippen MR) is 88.5 cm³/mol. The molecule has 0 saturated heterocycles. The van der Waals surface area contributed by atoms with E-state index in [0.717, 1.165) is 17.3 Å². The summed E-state index contributed by atoms with van der Waals surface area (Å²) in [5.41, 5.74) is 1.80. The van der Waals surface area contributed by atoms with Crippen LogP contribution in [-0.2, 0) is 0 Å². The average Bonchev–Trinajstić information content (AvgIpc) is 2.63. The van der Waals surface area contributed by atoms with Crippen LogP contribution in [0.2, 0.25) is 0 Å². The van der Waals surface area contributed by atoms with E-state index in [1.165, 1.54) is 12.3 Å². The molecule has 0 fully saturated rings. The Kier molecular flexibility index (Phi) is 4.24. The van der Waals surface area contributed by atoms with Gasteiger partial charge in [-0.3, -0.25) is 19.9 Å². The van der Waals surface area contributed by atoms with Crippen LogP contribution in [0.15, 0.2) is 67.1 Å². The molecule has 7 heteroatoms. The molecule has 3 rings (SSSR count). The third kappa shape index (κ3) is 3.41. The normalized spacial score (nSPS) is 10.2. The largest absolute Gasteiger partial charge is 0.307 e. The van der Waals surface area contributed by atoms with Crippen molar-refractivity contribution in [3.8, 4) is 11.1 Å². The molecule has 7 nitrogen and oxygen atoms in total. The number of carbonyl (C=O) groups is 1. The van der Waals surface area contributed by atoms with Gasteiger partial charge in [0.05, 0.1) is 10.5 Å². The predicted octanol–water partition coefficient (Wildman–Crippen LogP) is 3.30. The van der Waals surface area contributed by atoms with E-state index in [9.17, 15) is 14.9 Å². The van der Waals surface area contributed by atoms with Gasteiger partial charge in [0.25, 0.3) is 11.6 Å². The summed E-state index contributed by atoms with van der Waals surface area (Å²) in [5.74, 6) is -0.155. The molecule has 118 valence electrons. The minimum Gasteiger partial charge on any atom is -0.307 e. The van der Waals surface area contributed by atoms with Gasteiger partial charge in [-0.15, -0.1) is 0 Å². The Morgan fingerprint density at radius 3 is 2.46 bits per heavy atom. The fourth-order valence-electron chi connectivity index (χ4n) is 2.11. The number of anilines is 1. The summed E-state index contributed by atoms with van der Waals surface area (Å²) >= 11 is 0. The third-order valence-electron chi connectivity index (χ3n) is 3.31. The molecule has 0 saturated carbocycles. The van der Waals surface area contributed by atoms with Crippen molar-refractivity contribution in [3.63, 3.8) is 0 Å². The van der Waals surface area contributed by atoms with Gasteiger partial charge in [-0.05, 0) is 17.7 Å². The minimum atomic E-state index is -0.601. The highest BCUT2D eigenvalue weighted by atomic mass is 16.6. The summed E-state index contributed by atoms with van der Waals surface area (Å²) in [5, 5.41) is 13.3. The number of nitro groups is 1. The quantitative estimate of drug-likeness (QED) is 0.587. The molecular formula is C17H12N4O3. The summed E-state index contributed by atoms with van der Waals surface area (Å²) in [4.78, 5) is 30.1. The molecule has 0 atom stereocenters. The average molecular weight is 320 g/mol. The van der Waals surface area contributed by atoms with E-state index in [4.69, 9.17) is 0 Å². The first-order chi connectivity index (χ1) is 11.6. The summed E-state index contributed by atoms with van der Waals surface area (Å²) < 4.78 is 0. The van der Waals surface area contributed by atoms with Crippen LogP contribution in [-0.4, -0.2) is 20.8 Å². The van der Waals surface area contributed by atoms with E-state index in [-0.39, 0.29) is 11.3 Å². The van der Waals surface area contributed by atoms with E-state index in [2.05, 4.69) is 15.3 Å². The number of carbonyl (C=O) groups excluding carboxylic acids is 1. The van der Waals surface area contributed by atoms with Crippen LogP contribution in [0.1, 0.15) is 10.4 Å². The highest BCUT2D eigenvalue weighted by Gasteiger charge is 2.13. The molecule has 1 aromatic carbocycles. The van der Waals surface area contributed by atoms with Crippen LogP contribution in [0.5, 0.6) is 0 Å².